The van der Waals surface area contributed by atoms with Gasteiger partial charge in [-0.15, -0.1) is 0 Å². The zero-order chi connectivity index (χ0) is 15.2. The van der Waals surface area contributed by atoms with E-state index in [-0.39, 0.29) is 6.61 Å². The number of rotatable bonds is 5. The van der Waals surface area contributed by atoms with Crippen LogP contribution in [-0.2, 0) is 11.4 Å². The minimum atomic E-state index is -0.394. The van der Waals surface area contributed by atoms with E-state index in [0.29, 0.717) is 11.4 Å². The molecule has 1 N–H and O–H groups in total. The van der Waals surface area contributed by atoms with Crippen molar-refractivity contribution in [1.29, 1.82) is 0 Å². The number of hydrogen-bond acceptors (Lipinski definition) is 5. The summed E-state index contributed by atoms with van der Waals surface area (Å²) in [6.07, 6.45) is 4.44. The zero-order valence-corrected chi connectivity index (χ0v) is 11.6. The Hall–Kier alpha value is -3.06. The highest BCUT2D eigenvalue weighted by molar-refractivity contribution is 5.96. The Balaban J connectivity index is 1.68. The van der Waals surface area contributed by atoms with Gasteiger partial charge in [0.15, 0.2) is 5.82 Å². The van der Waals surface area contributed by atoms with Gasteiger partial charge >= 0.3 is 0 Å². The Morgan fingerprint density at radius 2 is 2.05 bits per heavy atom. The van der Waals surface area contributed by atoms with Crippen LogP contribution >= 0.6 is 0 Å². The van der Waals surface area contributed by atoms with E-state index in [1.807, 2.05) is 30.3 Å². The van der Waals surface area contributed by atoms with E-state index in [1.54, 1.807) is 18.3 Å². The van der Waals surface area contributed by atoms with Crippen LogP contribution in [0, 0.1) is 0 Å². The third-order valence-corrected chi connectivity index (χ3v) is 2.91. The van der Waals surface area contributed by atoms with Crippen molar-refractivity contribution in [2.24, 2.45) is 0 Å². The highest BCUT2D eigenvalue weighted by Crippen LogP contribution is 2.09. The van der Waals surface area contributed by atoms with Gasteiger partial charge in [0.1, 0.15) is 12.7 Å². The summed E-state index contributed by atoms with van der Waals surface area (Å²) >= 11 is 0. The number of hydrogen-bond donors (Lipinski definition) is 1. The first-order valence-electron chi connectivity index (χ1n) is 6.60. The predicted octanol–water partition coefficient (Wildman–Crippen LogP) is 1.52. The summed E-state index contributed by atoms with van der Waals surface area (Å²) in [6.45, 7) is 0.283. The number of carbonyl (C=O) groups is 1. The normalized spacial score (nSPS) is 10.4. The molecule has 7 heteroatoms. The van der Waals surface area contributed by atoms with E-state index in [2.05, 4.69) is 20.5 Å². The molecule has 7 nitrogen and oxygen atoms in total. The van der Waals surface area contributed by atoms with Crippen molar-refractivity contribution in [3.63, 3.8) is 0 Å². The number of aromatic nitrogens is 4. The fourth-order valence-corrected chi connectivity index (χ4v) is 1.89. The summed E-state index contributed by atoms with van der Waals surface area (Å²) in [5.41, 5.74) is 3.72. The predicted molar refractivity (Wildman–Crippen MR) is 77.9 cm³/mol. The summed E-state index contributed by atoms with van der Waals surface area (Å²) in [5, 5.41) is 3.98. The van der Waals surface area contributed by atoms with Crippen LogP contribution in [0.4, 0.5) is 0 Å². The molecule has 0 aliphatic heterocycles. The first-order chi connectivity index (χ1) is 10.8. The highest BCUT2D eigenvalue weighted by atomic mass is 16.6. The molecule has 0 saturated carbocycles. The summed E-state index contributed by atoms with van der Waals surface area (Å²) in [5.74, 6) is -0.00431. The molecule has 3 rings (SSSR count). The Labute approximate surface area is 126 Å². The summed E-state index contributed by atoms with van der Waals surface area (Å²) in [7, 11) is 0. The van der Waals surface area contributed by atoms with Crippen molar-refractivity contribution < 1.29 is 9.63 Å². The zero-order valence-electron chi connectivity index (χ0n) is 11.6. The van der Waals surface area contributed by atoms with Crippen LogP contribution in [0.15, 0.2) is 61.3 Å². The molecule has 1 amide bonds. The molecular formula is C15H13N5O2. The lowest BCUT2D eigenvalue weighted by Gasteiger charge is -2.09. The molecule has 0 bridgehead atoms. The Bertz CT molecular complexity index is 744. The molecule has 0 atom stereocenters. The number of nitrogens with zero attached hydrogens (tertiary/aromatic N) is 4. The van der Waals surface area contributed by atoms with Crippen LogP contribution in [0.5, 0.6) is 0 Å². The maximum atomic E-state index is 12.2. The minimum Gasteiger partial charge on any atom is -0.269 e. The summed E-state index contributed by atoms with van der Waals surface area (Å²) in [6, 6.07) is 12.9. The molecule has 0 radical (unpaired) electrons. The molecular weight excluding hydrogens is 282 g/mol. The molecule has 2 aromatic heterocycles. The van der Waals surface area contributed by atoms with E-state index in [9.17, 15) is 4.79 Å². The monoisotopic (exact) mass is 295 g/mol. The second kappa shape index (κ2) is 6.59. The van der Waals surface area contributed by atoms with Gasteiger partial charge in [-0.05, 0) is 17.7 Å². The van der Waals surface area contributed by atoms with Gasteiger partial charge < -0.3 is 0 Å². The van der Waals surface area contributed by atoms with Crippen LogP contribution in [0.3, 0.4) is 0 Å². The second-order valence-electron chi connectivity index (χ2n) is 4.42. The molecule has 3 aromatic rings. The number of carbonyl (C=O) groups excluding carboxylic acids is 1. The van der Waals surface area contributed by atoms with Crippen molar-refractivity contribution in [3.05, 3.63) is 72.4 Å². The first-order valence-corrected chi connectivity index (χ1v) is 6.60. The Morgan fingerprint density at radius 1 is 1.18 bits per heavy atom. The van der Waals surface area contributed by atoms with Gasteiger partial charge in [0.2, 0.25) is 0 Å². The average molecular weight is 295 g/mol. The van der Waals surface area contributed by atoms with Gasteiger partial charge in [-0.1, -0.05) is 30.3 Å². The van der Waals surface area contributed by atoms with E-state index in [4.69, 9.17) is 4.84 Å². The third-order valence-electron chi connectivity index (χ3n) is 2.91. The fourth-order valence-electron chi connectivity index (χ4n) is 1.89. The van der Waals surface area contributed by atoms with Crippen LogP contribution in [0.2, 0.25) is 0 Å². The summed E-state index contributed by atoms with van der Waals surface area (Å²) < 4.78 is 1.42. The molecule has 1 aromatic carbocycles. The standard InChI is InChI=1S/C15H13N5O2/c21-15(19-22-9-12-5-2-1-3-6-12)13-7-4-8-17-14(13)20-11-16-10-18-20/h1-8,10-11H,9H2,(H,19,21). The van der Waals surface area contributed by atoms with Crippen molar-refractivity contribution in [3.8, 4) is 5.82 Å². The maximum absolute atomic E-state index is 12.2. The number of pyridine rings is 1. The lowest BCUT2D eigenvalue weighted by Crippen LogP contribution is -2.25. The molecule has 0 saturated heterocycles. The van der Waals surface area contributed by atoms with Gasteiger partial charge in [-0.3, -0.25) is 9.63 Å². The number of amides is 1. The second-order valence-corrected chi connectivity index (χ2v) is 4.42. The largest absolute Gasteiger partial charge is 0.278 e. The van der Waals surface area contributed by atoms with Crippen LogP contribution in [0.25, 0.3) is 5.82 Å². The van der Waals surface area contributed by atoms with Gasteiger partial charge in [-0.2, -0.15) is 5.10 Å². The lowest BCUT2D eigenvalue weighted by molar-refractivity contribution is 0.0233. The smallest absolute Gasteiger partial charge is 0.269 e. The number of nitrogens with one attached hydrogen (secondary N) is 1. The maximum Gasteiger partial charge on any atom is 0.278 e. The van der Waals surface area contributed by atoms with E-state index in [0.717, 1.165) is 5.56 Å². The number of hydroxylamine groups is 1. The van der Waals surface area contributed by atoms with Crippen molar-refractivity contribution in [2.75, 3.05) is 0 Å². The molecule has 0 fully saturated rings. The van der Waals surface area contributed by atoms with Crippen molar-refractivity contribution in [2.45, 2.75) is 6.61 Å². The van der Waals surface area contributed by atoms with Crippen molar-refractivity contribution in [1.82, 2.24) is 25.2 Å². The van der Waals surface area contributed by atoms with Crippen LogP contribution in [0.1, 0.15) is 15.9 Å². The van der Waals surface area contributed by atoms with Gasteiger partial charge in [-0.25, -0.2) is 20.1 Å². The molecule has 0 spiro atoms. The van der Waals surface area contributed by atoms with Gasteiger partial charge in [0.05, 0.1) is 12.2 Å². The minimum absolute atomic E-state index is 0.283. The van der Waals surface area contributed by atoms with Gasteiger partial charge in [0.25, 0.3) is 5.91 Å². The Kier molecular flexibility index (Phi) is 4.17. The van der Waals surface area contributed by atoms with Crippen LogP contribution in [-0.4, -0.2) is 25.7 Å². The molecule has 110 valence electrons. The van der Waals surface area contributed by atoms with E-state index in [1.165, 1.54) is 17.3 Å². The van der Waals surface area contributed by atoms with Crippen LogP contribution < -0.4 is 5.48 Å². The molecule has 0 aliphatic carbocycles. The SMILES string of the molecule is O=C(NOCc1ccccc1)c1cccnc1-n1cncn1. The van der Waals surface area contributed by atoms with E-state index >= 15 is 0 Å². The third kappa shape index (κ3) is 3.15. The molecule has 2 heterocycles. The fraction of sp³-hybridized carbons (Fsp3) is 0.0667. The highest BCUT2D eigenvalue weighted by Gasteiger charge is 2.14. The number of benzene rings is 1. The molecule has 22 heavy (non-hydrogen) atoms. The lowest BCUT2D eigenvalue weighted by atomic mass is 10.2. The van der Waals surface area contributed by atoms with Gasteiger partial charge in [0, 0.05) is 6.20 Å². The first kappa shape index (κ1) is 13.9. The average Bonchev–Trinajstić information content (AvgIpc) is 3.10. The van der Waals surface area contributed by atoms with Crippen molar-refractivity contribution >= 4 is 5.91 Å². The molecule has 0 aliphatic rings. The summed E-state index contributed by atoms with van der Waals surface area (Å²) in [4.78, 5) is 25.5. The Morgan fingerprint density at radius 3 is 2.82 bits per heavy atom. The quantitative estimate of drug-likeness (QED) is 0.722. The topological polar surface area (TPSA) is 81.9 Å². The molecule has 0 unspecified atom stereocenters. The van der Waals surface area contributed by atoms with E-state index < -0.39 is 5.91 Å².